The number of carbonyl (C=O) groups is 1. The second kappa shape index (κ2) is 9.47. The molecule has 1 fully saturated rings. The Morgan fingerprint density at radius 1 is 1.27 bits per heavy atom. The molecule has 1 heterocycles. The van der Waals surface area contributed by atoms with Gasteiger partial charge in [-0.2, -0.15) is 5.26 Å². The van der Waals surface area contributed by atoms with Gasteiger partial charge in [-0.1, -0.05) is 20.3 Å². The molecule has 0 radical (unpaired) electrons. The predicted molar refractivity (Wildman–Crippen MR) is 87.1 cm³/mol. The summed E-state index contributed by atoms with van der Waals surface area (Å²) in [6.45, 7) is 11.0. The number of hydrogen-bond acceptors (Lipinski definition) is 4. The van der Waals surface area contributed by atoms with Gasteiger partial charge >= 0.3 is 0 Å². The molecule has 0 saturated carbocycles. The van der Waals surface area contributed by atoms with Gasteiger partial charge in [0.1, 0.15) is 11.6 Å². The molecule has 1 saturated heterocycles. The van der Waals surface area contributed by atoms with Crippen LogP contribution in [0.15, 0.2) is 11.8 Å². The van der Waals surface area contributed by atoms with Crippen LogP contribution in [0.1, 0.15) is 47.0 Å². The van der Waals surface area contributed by atoms with Crippen molar-refractivity contribution in [3.63, 3.8) is 0 Å². The summed E-state index contributed by atoms with van der Waals surface area (Å²) in [4.78, 5) is 16.4. The molecule has 0 aliphatic carbocycles. The number of ether oxygens (including phenoxy) is 1. The van der Waals surface area contributed by atoms with Crippen LogP contribution in [0, 0.1) is 11.3 Å². The van der Waals surface area contributed by atoms with Gasteiger partial charge in [-0.15, -0.1) is 0 Å². The van der Waals surface area contributed by atoms with Crippen molar-refractivity contribution >= 4 is 5.91 Å². The van der Waals surface area contributed by atoms with Crippen LogP contribution in [0.2, 0.25) is 0 Å². The first-order valence-corrected chi connectivity index (χ1v) is 8.32. The highest BCUT2D eigenvalue weighted by Gasteiger charge is 2.28. The first kappa shape index (κ1) is 18.5. The quantitative estimate of drug-likeness (QED) is 0.536. The van der Waals surface area contributed by atoms with E-state index >= 15 is 0 Å². The van der Waals surface area contributed by atoms with Crippen molar-refractivity contribution in [1.29, 1.82) is 5.26 Å². The summed E-state index contributed by atoms with van der Waals surface area (Å²) in [5.41, 5.74) is 0.228. The lowest BCUT2D eigenvalue weighted by atomic mass is 10.2. The highest BCUT2D eigenvalue weighted by Crippen LogP contribution is 2.14. The molecule has 0 aromatic carbocycles. The summed E-state index contributed by atoms with van der Waals surface area (Å²) in [6.07, 6.45) is 4.93. The van der Waals surface area contributed by atoms with Crippen molar-refractivity contribution in [2.45, 2.75) is 59.2 Å². The fraction of sp³-hybridized carbons (Fsp3) is 0.765. The Labute approximate surface area is 134 Å². The van der Waals surface area contributed by atoms with Crippen LogP contribution in [0.25, 0.3) is 0 Å². The number of carbonyl (C=O) groups excluding carboxylic acids is 1. The van der Waals surface area contributed by atoms with Crippen molar-refractivity contribution < 1.29 is 9.53 Å². The summed E-state index contributed by atoms with van der Waals surface area (Å²) >= 11 is 0. The van der Waals surface area contributed by atoms with Crippen molar-refractivity contribution in [3.8, 4) is 6.07 Å². The van der Waals surface area contributed by atoms with Crippen LogP contribution in [0.4, 0.5) is 0 Å². The maximum Gasteiger partial charge on any atom is 0.266 e. The number of nitriles is 1. The molecule has 0 aromatic heterocycles. The summed E-state index contributed by atoms with van der Waals surface area (Å²) in [7, 11) is 0. The van der Waals surface area contributed by atoms with Crippen molar-refractivity contribution in [2.24, 2.45) is 0 Å². The van der Waals surface area contributed by atoms with Crippen molar-refractivity contribution in [1.82, 2.24) is 9.80 Å². The molecular formula is C17H29N3O2. The lowest BCUT2D eigenvalue weighted by molar-refractivity contribution is -0.138. The van der Waals surface area contributed by atoms with Crippen molar-refractivity contribution in [3.05, 3.63) is 11.8 Å². The molecule has 2 atom stereocenters. The van der Waals surface area contributed by atoms with E-state index in [1.807, 2.05) is 13.8 Å². The number of nitrogens with zero attached hydrogens (tertiary/aromatic N) is 3. The molecule has 1 amide bonds. The van der Waals surface area contributed by atoms with Gasteiger partial charge < -0.3 is 14.5 Å². The van der Waals surface area contributed by atoms with Crippen LogP contribution in [0.5, 0.6) is 0 Å². The zero-order valence-corrected chi connectivity index (χ0v) is 14.3. The van der Waals surface area contributed by atoms with E-state index in [0.29, 0.717) is 13.1 Å². The molecule has 2 unspecified atom stereocenters. The SMILES string of the molecule is CCCCN(/C=C(/C#N)C(=O)N1CC(C)OC(C)C1)CCC. The molecule has 0 aromatic rings. The van der Waals surface area contributed by atoms with Crippen LogP contribution in [-0.4, -0.2) is 54.1 Å². The van der Waals surface area contributed by atoms with E-state index in [4.69, 9.17) is 4.74 Å². The second-order valence-electron chi connectivity index (χ2n) is 6.01. The highest BCUT2D eigenvalue weighted by molar-refractivity contribution is 5.97. The summed E-state index contributed by atoms with van der Waals surface area (Å²) < 4.78 is 5.65. The Morgan fingerprint density at radius 3 is 2.41 bits per heavy atom. The molecule has 124 valence electrons. The standard InChI is InChI=1S/C17H29N3O2/c1-5-7-9-19(8-6-2)13-16(10-18)17(21)20-11-14(3)22-15(4)12-20/h13-15H,5-9,11-12H2,1-4H3/b16-13-. The Balaban J connectivity index is 2.81. The zero-order valence-electron chi connectivity index (χ0n) is 14.3. The van der Waals surface area contributed by atoms with Gasteiger partial charge in [0.25, 0.3) is 5.91 Å². The topological polar surface area (TPSA) is 56.6 Å². The molecule has 0 spiro atoms. The summed E-state index contributed by atoms with van der Waals surface area (Å²) in [5.74, 6) is -0.179. The maximum absolute atomic E-state index is 12.6. The molecule has 1 aliphatic rings. The lowest BCUT2D eigenvalue weighted by Gasteiger charge is -2.35. The number of hydrogen-bond donors (Lipinski definition) is 0. The first-order chi connectivity index (χ1) is 10.5. The van der Waals surface area contributed by atoms with E-state index in [-0.39, 0.29) is 23.7 Å². The zero-order chi connectivity index (χ0) is 16.5. The Bertz CT molecular complexity index is 418. The minimum Gasteiger partial charge on any atom is -0.376 e. The first-order valence-electron chi connectivity index (χ1n) is 8.32. The monoisotopic (exact) mass is 307 g/mol. The van der Waals surface area contributed by atoms with Gasteiger partial charge in [0, 0.05) is 32.4 Å². The van der Waals surface area contributed by atoms with E-state index in [1.54, 1.807) is 11.1 Å². The molecule has 0 bridgehead atoms. The third-order valence-electron chi connectivity index (χ3n) is 3.68. The highest BCUT2D eigenvalue weighted by atomic mass is 16.5. The third kappa shape index (κ3) is 5.69. The Kier molecular flexibility index (Phi) is 7.97. The molecule has 5 nitrogen and oxygen atoms in total. The van der Waals surface area contributed by atoms with Gasteiger partial charge in [0.05, 0.1) is 12.2 Å². The van der Waals surface area contributed by atoms with Crippen LogP contribution in [0.3, 0.4) is 0 Å². The summed E-state index contributed by atoms with van der Waals surface area (Å²) in [5, 5.41) is 9.38. The van der Waals surface area contributed by atoms with E-state index < -0.39 is 0 Å². The lowest BCUT2D eigenvalue weighted by Crippen LogP contribution is -2.48. The molecule has 1 rings (SSSR count). The van der Waals surface area contributed by atoms with E-state index in [0.717, 1.165) is 32.4 Å². The van der Waals surface area contributed by atoms with Crippen LogP contribution < -0.4 is 0 Å². The smallest absolute Gasteiger partial charge is 0.266 e. The van der Waals surface area contributed by atoms with E-state index in [9.17, 15) is 10.1 Å². The fourth-order valence-electron chi connectivity index (χ4n) is 2.72. The van der Waals surface area contributed by atoms with Gasteiger partial charge in [-0.25, -0.2) is 0 Å². The molecule has 22 heavy (non-hydrogen) atoms. The predicted octanol–water partition coefficient (Wildman–Crippen LogP) is 2.54. The van der Waals surface area contributed by atoms with Crippen LogP contribution in [-0.2, 0) is 9.53 Å². The summed E-state index contributed by atoms with van der Waals surface area (Å²) in [6, 6.07) is 2.08. The Morgan fingerprint density at radius 2 is 1.91 bits per heavy atom. The van der Waals surface area contributed by atoms with Gasteiger partial charge in [-0.3, -0.25) is 4.79 Å². The number of rotatable bonds is 7. The fourth-order valence-corrected chi connectivity index (χ4v) is 2.72. The average Bonchev–Trinajstić information content (AvgIpc) is 2.48. The molecule has 5 heteroatoms. The minimum atomic E-state index is -0.179. The largest absolute Gasteiger partial charge is 0.376 e. The van der Waals surface area contributed by atoms with E-state index in [2.05, 4.69) is 24.8 Å². The normalized spacial score (nSPS) is 22.3. The molecular weight excluding hydrogens is 278 g/mol. The second-order valence-corrected chi connectivity index (χ2v) is 6.01. The molecule has 1 aliphatic heterocycles. The number of unbranched alkanes of at least 4 members (excludes halogenated alkanes) is 1. The van der Waals surface area contributed by atoms with Gasteiger partial charge in [0.15, 0.2) is 0 Å². The minimum absolute atomic E-state index is 0.0134. The van der Waals surface area contributed by atoms with Gasteiger partial charge in [0.2, 0.25) is 0 Å². The van der Waals surface area contributed by atoms with E-state index in [1.165, 1.54) is 0 Å². The maximum atomic E-state index is 12.6. The molecule has 0 N–H and O–H groups in total. The van der Waals surface area contributed by atoms with Crippen molar-refractivity contribution in [2.75, 3.05) is 26.2 Å². The van der Waals surface area contributed by atoms with Gasteiger partial charge in [-0.05, 0) is 26.7 Å². The average molecular weight is 307 g/mol. The van der Waals surface area contributed by atoms with Crippen LogP contribution >= 0.6 is 0 Å². The Hall–Kier alpha value is -1.54. The number of amides is 1. The number of morpholine rings is 1. The third-order valence-corrected chi connectivity index (χ3v) is 3.68.